The summed E-state index contributed by atoms with van der Waals surface area (Å²) in [4.78, 5) is 23.8. The number of rotatable bonds is 8. The fourth-order valence-electron chi connectivity index (χ4n) is 2.36. The number of ether oxygens (including phenoxy) is 1. The maximum absolute atomic E-state index is 12.1. The molecule has 8 heteroatoms. The second kappa shape index (κ2) is 9.48. The molecule has 7 nitrogen and oxygen atoms in total. The molecule has 0 aromatic heterocycles. The lowest BCUT2D eigenvalue weighted by molar-refractivity contribution is -0.147. The maximum Gasteiger partial charge on any atom is 0.307 e. The number of carbonyl (C=O) groups excluding carboxylic acids is 2. The molecule has 0 spiro atoms. The molecule has 0 bridgehead atoms. The molecule has 150 valence electrons. The van der Waals surface area contributed by atoms with Gasteiger partial charge in [0.15, 0.2) is 6.61 Å². The van der Waals surface area contributed by atoms with E-state index < -0.39 is 28.5 Å². The van der Waals surface area contributed by atoms with E-state index in [1.165, 1.54) is 12.1 Å². The minimum Gasteiger partial charge on any atom is -0.456 e. The van der Waals surface area contributed by atoms with Crippen LogP contribution in [0, 0.1) is 20.8 Å². The molecule has 2 aromatic rings. The molecular formula is C20H24N2O5S. The lowest BCUT2D eigenvalue weighted by atomic mass is 10.1. The molecule has 28 heavy (non-hydrogen) atoms. The third-order valence-electron chi connectivity index (χ3n) is 3.98. The average molecular weight is 404 g/mol. The molecule has 0 saturated carbocycles. The lowest BCUT2D eigenvalue weighted by Crippen LogP contribution is -2.28. The van der Waals surface area contributed by atoms with E-state index in [0.717, 1.165) is 16.7 Å². The van der Waals surface area contributed by atoms with Crippen LogP contribution < -0.4 is 10.0 Å². The van der Waals surface area contributed by atoms with Crippen molar-refractivity contribution >= 4 is 27.6 Å². The van der Waals surface area contributed by atoms with Crippen molar-refractivity contribution in [2.45, 2.75) is 32.1 Å². The van der Waals surface area contributed by atoms with Gasteiger partial charge in [0, 0.05) is 12.2 Å². The van der Waals surface area contributed by atoms with Crippen molar-refractivity contribution in [2.75, 3.05) is 18.5 Å². The molecule has 2 N–H and O–H groups in total. The quantitative estimate of drug-likeness (QED) is 0.658. The van der Waals surface area contributed by atoms with Gasteiger partial charge in [-0.1, -0.05) is 29.8 Å². The van der Waals surface area contributed by atoms with Gasteiger partial charge in [-0.15, -0.1) is 0 Å². The molecule has 0 aliphatic heterocycles. The summed E-state index contributed by atoms with van der Waals surface area (Å²) in [6.07, 6.45) is -0.179. The van der Waals surface area contributed by atoms with Crippen LogP contribution in [0.15, 0.2) is 47.4 Å². The average Bonchev–Trinajstić information content (AvgIpc) is 2.63. The first-order valence-corrected chi connectivity index (χ1v) is 10.2. The van der Waals surface area contributed by atoms with Gasteiger partial charge >= 0.3 is 5.97 Å². The number of benzene rings is 2. The molecule has 2 aromatic carbocycles. The Balaban J connectivity index is 1.75. The Kier molecular flexibility index (Phi) is 7.31. The standard InChI is InChI=1S/C20H24N2O5S/c1-14-5-8-17(9-6-14)28(25,26)21-11-10-20(24)27-13-19(23)22-18-12-15(2)4-7-16(18)3/h4-9,12,21H,10-11,13H2,1-3H3,(H,22,23). The highest BCUT2D eigenvalue weighted by Gasteiger charge is 2.15. The molecule has 0 heterocycles. The van der Waals surface area contributed by atoms with Crippen molar-refractivity contribution in [3.63, 3.8) is 0 Å². The second-order valence-electron chi connectivity index (χ2n) is 6.49. The van der Waals surface area contributed by atoms with Crippen LogP contribution in [0.2, 0.25) is 0 Å². The molecule has 1 amide bonds. The number of aryl methyl sites for hydroxylation is 3. The van der Waals surface area contributed by atoms with Gasteiger partial charge in [-0.2, -0.15) is 0 Å². The summed E-state index contributed by atoms with van der Waals surface area (Å²) >= 11 is 0. The fourth-order valence-corrected chi connectivity index (χ4v) is 3.40. The zero-order valence-corrected chi connectivity index (χ0v) is 16.9. The Morgan fingerprint density at radius 1 is 0.964 bits per heavy atom. The minimum atomic E-state index is -3.69. The molecular weight excluding hydrogens is 380 g/mol. The first kappa shape index (κ1) is 21.6. The first-order chi connectivity index (χ1) is 13.2. The zero-order valence-electron chi connectivity index (χ0n) is 16.1. The monoisotopic (exact) mass is 404 g/mol. The van der Waals surface area contributed by atoms with Gasteiger partial charge in [-0.25, -0.2) is 13.1 Å². The Morgan fingerprint density at radius 2 is 1.61 bits per heavy atom. The van der Waals surface area contributed by atoms with E-state index in [2.05, 4.69) is 10.0 Å². The van der Waals surface area contributed by atoms with Crippen LogP contribution >= 0.6 is 0 Å². The van der Waals surface area contributed by atoms with Crippen LogP contribution in [0.5, 0.6) is 0 Å². The summed E-state index contributed by atoms with van der Waals surface area (Å²) < 4.78 is 31.5. The van der Waals surface area contributed by atoms with Crippen molar-refractivity contribution < 1.29 is 22.7 Å². The maximum atomic E-state index is 12.1. The van der Waals surface area contributed by atoms with Gasteiger partial charge in [0.25, 0.3) is 5.91 Å². The van der Waals surface area contributed by atoms with Gasteiger partial charge in [-0.3, -0.25) is 9.59 Å². The second-order valence-corrected chi connectivity index (χ2v) is 8.26. The zero-order chi connectivity index (χ0) is 20.7. The van der Waals surface area contributed by atoms with Gasteiger partial charge < -0.3 is 10.1 Å². The predicted octanol–water partition coefficient (Wildman–Crippen LogP) is 2.46. The number of hydrogen-bond donors (Lipinski definition) is 2. The Labute approximate surface area is 165 Å². The molecule has 0 fully saturated rings. The van der Waals surface area contributed by atoms with Crippen LogP contribution in [0.25, 0.3) is 0 Å². The van der Waals surface area contributed by atoms with E-state index in [-0.39, 0.29) is 17.9 Å². The highest BCUT2D eigenvalue weighted by Crippen LogP contribution is 2.16. The van der Waals surface area contributed by atoms with E-state index in [9.17, 15) is 18.0 Å². The summed E-state index contributed by atoms with van der Waals surface area (Å²) in [6.45, 7) is 5.08. The molecule has 0 aliphatic rings. The Morgan fingerprint density at radius 3 is 2.29 bits per heavy atom. The number of hydrogen-bond acceptors (Lipinski definition) is 5. The van der Waals surface area contributed by atoms with Crippen molar-refractivity contribution in [1.82, 2.24) is 4.72 Å². The smallest absolute Gasteiger partial charge is 0.307 e. The van der Waals surface area contributed by atoms with Crippen molar-refractivity contribution in [3.8, 4) is 0 Å². The normalized spacial score (nSPS) is 11.1. The van der Waals surface area contributed by atoms with E-state index in [0.29, 0.717) is 5.69 Å². The van der Waals surface area contributed by atoms with E-state index in [4.69, 9.17) is 4.74 Å². The topological polar surface area (TPSA) is 102 Å². The molecule has 0 unspecified atom stereocenters. The summed E-state index contributed by atoms with van der Waals surface area (Å²) in [5.41, 5.74) is 3.50. The van der Waals surface area contributed by atoms with Gasteiger partial charge in [0.1, 0.15) is 0 Å². The third-order valence-corrected chi connectivity index (χ3v) is 5.46. The molecule has 0 aliphatic carbocycles. The first-order valence-electron chi connectivity index (χ1n) is 8.76. The largest absolute Gasteiger partial charge is 0.456 e. The van der Waals surface area contributed by atoms with Gasteiger partial charge in [0.05, 0.1) is 11.3 Å². The van der Waals surface area contributed by atoms with Gasteiger partial charge in [0.2, 0.25) is 10.0 Å². The third kappa shape index (κ3) is 6.47. The number of esters is 1. The minimum absolute atomic E-state index is 0.117. The Bertz CT molecular complexity index is 953. The predicted molar refractivity (Wildman–Crippen MR) is 106 cm³/mol. The van der Waals surface area contributed by atoms with Crippen molar-refractivity contribution in [3.05, 3.63) is 59.2 Å². The SMILES string of the molecule is Cc1ccc(S(=O)(=O)NCCC(=O)OCC(=O)Nc2cc(C)ccc2C)cc1. The number of carbonyl (C=O) groups is 2. The summed E-state index contributed by atoms with van der Waals surface area (Å²) in [5, 5.41) is 2.69. The number of anilines is 1. The highest BCUT2D eigenvalue weighted by molar-refractivity contribution is 7.89. The van der Waals surface area contributed by atoms with Crippen LogP contribution in [-0.4, -0.2) is 33.4 Å². The van der Waals surface area contributed by atoms with Crippen molar-refractivity contribution in [1.29, 1.82) is 0 Å². The fraction of sp³-hybridized carbons (Fsp3) is 0.300. The Hall–Kier alpha value is -2.71. The summed E-state index contributed by atoms with van der Waals surface area (Å²) in [7, 11) is -3.69. The summed E-state index contributed by atoms with van der Waals surface area (Å²) in [5.74, 6) is -1.12. The lowest BCUT2D eigenvalue weighted by Gasteiger charge is -2.10. The van der Waals surface area contributed by atoms with Crippen LogP contribution in [-0.2, 0) is 24.3 Å². The van der Waals surface area contributed by atoms with Crippen LogP contribution in [0.1, 0.15) is 23.1 Å². The van der Waals surface area contributed by atoms with E-state index in [1.54, 1.807) is 12.1 Å². The van der Waals surface area contributed by atoms with E-state index >= 15 is 0 Å². The molecule has 0 saturated heterocycles. The summed E-state index contributed by atoms with van der Waals surface area (Å²) in [6, 6.07) is 12.0. The number of nitrogens with one attached hydrogen (secondary N) is 2. The van der Waals surface area contributed by atoms with Crippen LogP contribution in [0.3, 0.4) is 0 Å². The molecule has 0 radical (unpaired) electrons. The van der Waals surface area contributed by atoms with Gasteiger partial charge in [-0.05, 0) is 50.1 Å². The molecule has 0 atom stereocenters. The van der Waals surface area contributed by atoms with E-state index in [1.807, 2.05) is 39.0 Å². The van der Waals surface area contributed by atoms with Crippen LogP contribution in [0.4, 0.5) is 5.69 Å². The van der Waals surface area contributed by atoms with Crippen molar-refractivity contribution in [2.24, 2.45) is 0 Å². The number of amides is 1. The highest BCUT2D eigenvalue weighted by atomic mass is 32.2. The number of sulfonamides is 1. The molecule has 2 rings (SSSR count).